The van der Waals surface area contributed by atoms with Crippen molar-refractivity contribution >= 4 is 11.7 Å². The van der Waals surface area contributed by atoms with Crippen LogP contribution in [0.5, 0.6) is 0 Å². The predicted octanol–water partition coefficient (Wildman–Crippen LogP) is -0.342. The van der Waals surface area contributed by atoms with Crippen LogP contribution in [0.25, 0.3) is 0 Å². The minimum absolute atomic E-state index is 0.212. The van der Waals surface area contributed by atoms with Gasteiger partial charge in [-0.25, -0.2) is 9.97 Å². The zero-order valence-corrected chi connectivity index (χ0v) is 8.80. The summed E-state index contributed by atoms with van der Waals surface area (Å²) in [7, 11) is 3.48. The second kappa shape index (κ2) is 5.26. The average Bonchev–Trinajstić information content (AvgIpc) is 2.26. The fourth-order valence-corrected chi connectivity index (χ4v) is 1.03. The van der Waals surface area contributed by atoms with Crippen LogP contribution in [0.15, 0.2) is 12.4 Å². The number of rotatable bonds is 5. The number of hydrogen-bond donors (Lipinski definition) is 1. The number of carbonyl (C=O) groups is 1. The summed E-state index contributed by atoms with van der Waals surface area (Å²) in [6.07, 6.45) is 1.32. The summed E-state index contributed by atoms with van der Waals surface area (Å²) >= 11 is 0. The Labute approximate surface area is 88.1 Å². The van der Waals surface area contributed by atoms with Crippen molar-refractivity contribution in [2.75, 3.05) is 32.2 Å². The second-order valence-corrected chi connectivity index (χ2v) is 3.04. The number of nitrogens with two attached hydrogens (primary N) is 1. The molecule has 0 radical (unpaired) electrons. The molecule has 0 spiro atoms. The third-order valence-electron chi connectivity index (χ3n) is 1.93. The molecule has 0 atom stereocenters. The van der Waals surface area contributed by atoms with Crippen molar-refractivity contribution in [3.63, 3.8) is 0 Å². The van der Waals surface area contributed by atoms with Gasteiger partial charge in [0.1, 0.15) is 17.8 Å². The number of likely N-dealkylation sites (N-methyl/N-ethyl adjacent to an activating group) is 1. The highest BCUT2D eigenvalue weighted by molar-refractivity contribution is 5.91. The van der Waals surface area contributed by atoms with Gasteiger partial charge >= 0.3 is 0 Å². The number of carbonyl (C=O) groups excluding carboxylic acids is 1. The molecule has 0 aliphatic rings. The van der Waals surface area contributed by atoms with Gasteiger partial charge in [0.15, 0.2) is 0 Å². The first kappa shape index (κ1) is 11.4. The number of primary amides is 1. The lowest BCUT2D eigenvalue weighted by atomic mass is 10.3. The number of anilines is 1. The van der Waals surface area contributed by atoms with Crippen molar-refractivity contribution in [2.45, 2.75) is 0 Å². The predicted molar refractivity (Wildman–Crippen MR) is 55.7 cm³/mol. The molecule has 1 aromatic rings. The molecule has 0 fully saturated rings. The van der Waals surface area contributed by atoms with Crippen molar-refractivity contribution in [1.29, 1.82) is 0 Å². The third-order valence-corrected chi connectivity index (χ3v) is 1.93. The Morgan fingerprint density at radius 3 is 2.93 bits per heavy atom. The zero-order chi connectivity index (χ0) is 11.3. The molecule has 1 rings (SSSR count). The van der Waals surface area contributed by atoms with Gasteiger partial charge in [-0.1, -0.05) is 0 Å². The van der Waals surface area contributed by atoms with Crippen molar-refractivity contribution < 1.29 is 9.53 Å². The molecule has 2 N–H and O–H groups in total. The lowest BCUT2D eigenvalue weighted by molar-refractivity contribution is 0.0995. The summed E-state index contributed by atoms with van der Waals surface area (Å²) in [5.74, 6) is 0.0923. The molecule has 0 aliphatic heterocycles. The monoisotopic (exact) mass is 210 g/mol. The number of methoxy groups -OCH3 is 1. The molecule has 15 heavy (non-hydrogen) atoms. The first-order valence-corrected chi connectivity index (χ1v) is 4.47. The maximum absolute atomic E-state index is 10.9. The van der Waals surface area contributed by atoms with Gasteiger partial charge in [-0.2, -0.15) is 0 Å². The van der Waals surface area contributed by atoms with E-state index >= 15 is 0 Å². The van der Waals surface area contributed by atoms with Crippen molar-refractivity contribution in [2.24, 2.45) is 5.73 Å². The van der Waals surface area contributed by atoms with E-state index in [0.717, 1.165) is 0 Å². The summed E-state index contributed by atoms with van der Waals surface area (Å²) in [5.41, 5.74) is 5.32. The van der Waals surface area contributed by atoms with E-state index in [1.54, 1.807) is 13.2 Å². The van der Waals surface area contributed by atoms with Crippen LogP contribution in [0.3, 0.4) is 0 Å². The minimum atomic E-state index is -0.557. The zero-order valence-electron chi connectivity index (χ0n) is 8.80. The summed E-state index contributed by atoms with van der Waals surface area (Å²) < 4.78 is 4.93. The van der Waals surface area contributed by atoms with E-state index < -0.39 is 5.91 Å². The van der Waals surface area contributed by atoms with E-state index in [9.17, 15) is 4.79 Å². The molecule has 0 unspecified atom stereocenters. The van der Waals surface area contributed by atoms with E-state index in [2.05, 4.69) is 9.97 Å². The van der Waals surface area contributed by atoms with Crippen molar-refractivity contribution in [3.05, 3.63) is 18.1 Å². The van der Waals surface area contributed by atoms with Crippen LogP contribution in [0, 0.1) is 0 Å². The Kier molecular flexibility index (Phi) is 3.99. The van der Waals surface area contributed by atoms with Crippen LogP contribution in [-0.4, -0.2) is 43.2 Å². The van der Waals surface area contributed by atoms with Gasteiger partial charge in [0.05, 0.1) is 6.61 Å². The highest BCUT2D eigenvalue weighted by Gasteiger charge is 2.07. The fraction of sp³-hybridized carbons (Fsp3) is 0.444. The van der Waals surface area contributed by atoms with Crippen LogP contribution in [0.1, 0.15) is 10.5 Å². The number of ether oxygens (including phenoxy) is 1. The average molecular weight is 210 g/mol. The Morgan fingerprint density at radius 2 is 2.33 bits per heavy atom. The SMILES string of the molecule is COCCN(C)c1cc(C(N)=O)ncn1. The van der Waals surface area contributed by atoms with Gasteiger partial charge in [-0.05, 0) is 0 Å². The molecule has 6 nitrogen and oxygen atoms in total. The second-order valence-electron chi connectivity index (χ2n) is 3.04. The number of hydrogen-bond acceptors (Lipinski definition) is 5. The first-order chi connectivity index (χ1) is 7.15. The third kappa shape index (κ3) is 3.17. The summed E-state index contributed by atoms with van der Waals surface area (Å²) in [5, 5.41) is 0. The molecule has 0 saturated heterocycles. The van der Waals surface area contributed by atoms with Crippen LogP contribution in [0.4, 0.5) is 5.82 Å². The molecule has 1 amide bonds. The maximum atomic E-state index is 10.9. The quantitative estimate of drug-likeness (QED) is 0.719. The van der Waals surface area contributed by atoms with Crippen LogP contribution >= 0.6 is 0 Å². The lowest BCUT2D eigenvalue weighted by Crippen LogP contribution is -2.24. The first-order valence-electron chi connectivity index (χ1n) is 4.47. The van der Waals surface area contributed by atoms with Gasteiger partial charge in [0.2, 0.25) is 0 Å². The standard InChI is InChI=1S/C9H14N4O2/c1-13(3-4-15-2)8-5-7(9(10)14)11-6-12-8/h5-6H,3-4H2,1-2H3,(H2,10,14). The van der Waals surface area contributed by atoms with E-state index in [-0.39, 0.29) is 5.69 Å². The van der Waals surface area contributed by atoms with Gasteiger partial charge in [0.25, 0.3) is 5.91 Å². The molecule has 0 aliphatic carbocycles. The molecular formula is C9H14N4O2. The molecule has 0 aromatic carbocycles. The largest absolute Gasteiger partial charge is 0.383 e. The van der Waals surface area contributed by atoms with Gasteiger partial charge in [-0.15, -0.1) is 0 Å². The van der Waals surface area contributed by atoms with Gasteiger partial charge in [0, 0.05) is 26.8 Å². The highest BCUT2D eigenvalue weighted by atomic mass is 16.5. The summed E-state index contributed by atoms with van der Waals surface area (Å²) in [6, 6.07) is 1.55. The number of aromatic nitrogens is 2. The van der Waals surface area contributed by atoms with Gasteiger partial charge in [-0.3, -0.25) is 4.79 Å². The molecule has 82 valence electrons. The molecule has 1 heterocycles. The molecule has 0 bridgehead atoms. The fourth-order valence-electron chi connectivity index (χ4n) is 1.03. The van der Waals surface area contributed by atoms with Gasteiger partial charge < -0.3 is 15.4 Å². The Hall–Kier alpha value is -1.69. The highest BCUT2D eigenvalue weighted by Crippen LogP contribution is 2.07. The Morgan fingerprint density at radius 1 is 1.60 bits per heavy atom. The minimum Gasteiger partial charge on any atom is -0.383 e. The number of nitrogens with zero attached hydrogens (tertiary/aromatic N) is 3. The van der Waals surface area contributed by atoms with E-state index in [1.807, 2.05) is 11.9 Å². The molecular weight excluding hydrogens is 196 g/mol. The maximum Gasteiger partial charge on any atom is 0.267 e. The summed E-state index contributed by atoms with van der Waals surface area (Å²) in [6.45, 7) is 1.28. The van der Waals surface area contributed by atoms with E-state index in [4.69, 9.17) is 10.5 Å². The lowest BCUT2D eigenvalue weighted by Gasteiger charge is -2.17. The summed E-state index contributed by atoms with van der Waals surface area (Å²) in [4.78, 5) is 20.5. The number of amides is 1. The molecule has 6 heteroatoms. The van der Waals surface area contributed by atoms with E-state index in [0.29, 0.717) is 19.0 Å². The Bertz CT molecular complexity index is 343. The van der Waals surface area contributed by atoms with Crippen LogP contribution in [0.2, 0.25) is 0 Å². The normalized spacial score (nSPS) is 10.0. The van der Waals surface area contributed by atoms with Crippen LogP contribution in [-0.2, 0) is 4.74 Å². The smallest absolute Gasteiger partial charge is 0.267 e. The topological polar surface area (TPSA) is 81.3 Å². The van der Waals surface area contributed by atoms with Crippen LogP contribution < -0.4 is 10.6 Å². The molecule has 0 saturated carbocycles. The molecule has 1 aromatic heterocycles. The Balaban J connectivity index is 2.76. The van der Waals surface area contributed by atoms with E-state index in [1.165, 1.54) is 6.33 Å². The van der Waals surface area contributed by atoms with Crippen molar-refractivity contribution in [1.82, 2.24) is 9.97 Å². The van der Waals surface area contributed by atoms with Crippen molar-refractivity contribution in [3.8, 4) is 0 Å².